The van der Waals surface area contributed by atoms with Crippen LogP contribution in [0.15, 0.2) is 4.52 Å². The lowest BCUT2D eigenvalue weighted by atomic mass is 9.78. The van der Waals surface area contributed by atoms with Crippen LogP contribution >= 0.6 is 0 Å². The van der Waals surface area contributed by atoms with Gasteiger partial charge in [-0.05, 0) is 50.9 Å². The van der Waals surface area contributed by atoms with Gasteiger partial charge >= 0.3 is 0 Å². The third kappa shape index (κ3) is 2.99. The Balaban J connectivity index is 1.77. The number of hydrogen-bond donors (Lipinski definition) is 1. The minimum atomic E-state index is -0.367. The quantitative estimate of drug-likeness (QED) is 0.927. The molecule has 2 saturated carbocycles. The molecule has 1 heterocycles. The summed E-state index contributed by atoms with van der Waals surface area (Å²) in [7, 11) is 1.75. The van der Waals surface area contributed by atoms with E-state index in [9.17, 15) is 5.11 Å². The second kappa shape index (κ2) is 6.05. The molecule has 5 nitrogen and oxygen atoms in total. The molecule has 1 aromatic rings. The second-order valence-corrected chi connectivity index (χ2v) is 6.86. The first-order chi connectivity index (χ1) is 10.1. The highest BCUT2D eigenvalue weighted by Crippen LogP contribution is 2.42. The number of methoxy groups -OCH3 is 1. The number of aromatic nitrogens is 2. The van der Waals surface area contributed by atoms with Crippen LogP contribution in [-0.4, -0.2) is 28.5 Å². The van der Waals surface area contributed by atoms with Crippen molar-refractivity contribution < 1.29 is 14.4 Å². The Morgan fingerprint density at radius 3 is 2.67 bits per heavy atom. The molecule has 0 saturated heterocycles. The van der Waals surface area contributed by atoms with Crippen LogP contribution in [0.1, 0.15) is 75.9 Å². The molecular weight excluding hydrogens is 268 g/mol. The Bertz CT molecular complexity index is 468. The van der Waals surface area contributed by atoms with Gasteiger partial charge in [0.1, 0.15) is 5.60 Å². The minimum absolute atomic E-state index is 0.159. The van der Waals surface area contributed by atoms with E-state index < -0.39 is 0 Å². The summed E-state index contributed by atoms with van der Waals surface area (Å²) < 4.78 is 11.4. The summed E-state index contributed by atoms with van der Waals surface area (Å²) in [4.78, 5) is 4.68. The van der Waals surface area contributed by atoms with Gasteiger partial charge in [0.15, 0.2) is 0 Å². The fourth-order valence-electron chi connectivity index (χ4n) is 3.89. The summed E-state index contributed by atoms with van der Waals surface area (Å²) in [5.74, 6) is 2.37. The number of nitrogens with zero attached hydrogens (tertiary/aromatic N) is 2. The van der Waals surface area contributed by atoms with E-state index in [2.05, 4.69) is 17.1 Å². The molecule has 118 valence electrons. The molecule has 5 heteroatoms. The summed E-state index contributed by atoms with van der Waals surface area (Å²) in [6.45, 7) is 2.26. The van der Waals surface area contributed by atoms with Gasteiger partial charge in [-0.3, -0.25) is 0 Å². The Morgan fingerprint density at radius 1 is 1.24 bits per heavy atom. The maximum Gasteiger partial charge on any atom is 0.229 e. The Hall–Kier alpha value is -0.940. The highest BCUT2D eigenvalue weighted by Gasteiger charge is 2.41. The lowest BCUT2D eigenvalue weighted by Gasteiger charge is -2.36. The van der Waals surface area contributed by atoms with Crippen LogP contribution in [-0.2, 0) is 10.3 Å². The molecule has 2 atom stereocenters. The normalized spacial score (nSPS) is 37.6. The first kappa shape index (κ1) is 15.0. The summed E-state index contributed by atoms with van der Waals surface area (Å²) in [6.07, 6.45) is 7.68. The predicted molar refractivity (Wildman–Crippen MR) is 77.8 cm³/mol. The molecule has 2 aliphatic carbocycles. The van der Waals surface area contributed by atoms with E-state index in [1.54, 1.807) is 7.11 Å². The minimum Gasteiger partial charge on any atom is -0.393 e. The molecule has 0 aromatic carbocycles. The van der Waals surface area contributed by atoms with Crippen molar-refractivity contribution in [2.24, 2.45) is 5.92 Å². The lowest BCUT2D eigenvalue weighted by Crippen LogP contribution is -2.35. The topological polar surface area (TPSA) is 68.4 Å². The highest BCUT2D eigenvalue weighted by molar-refractivity contribution is 5.06. The third-order valence-electron chi connectivity index (χ3n) is 5.24. The van der Waals surface area contributed by atoms with E-state index >= 15 is 0 Å². The van der Waals surface area contributed by atoms with Crippen molar-refractivity contribution >= 4 is 0 Å². The molecule has 3 rings (SSSR count). The molecule has 2 unspecified atom stereocenters. The molecule has 2 fully saturated rings. The number of rotatable bonds is 3. The van der Waals surface area contributed by atoms with E-state index in [1.165, 1.54) is 6.42 Å². The van der Waals surface area contributed by atoms with Crippen molar-refractivity contribution in [1.82, 2.24) is 10.1 Å². The molecule has 0 radical (unpaired) electrons. The average Bonchev–Trinajstić information content (AvgIpc) is 2.98. The molecule has 1 aromatic heterocycles. The fraction of sp³-hybridized carbons (Fsp3) is 0.875. The van der Waals surface area contributed by atoms with Crippen molar-refractivity contribution in [2.75, 3.05) is 7.11 Å². The molecule has 0 aliphatic heterocycles. The van der Waals surface area contributed by atoms with Crippen molar-refractivity contribution in [3.8, 4) is 0 Å². The van der Waals surface area contributed by atoms with Crippen molar-refractivity contribution in [3.05, 3.63) is 11.7 Å². The highest BCUT2D eigenvalue weighted by atomic mass is 16.5. The summed E-state index contributed by atoms with van der Waals surface area (Å²) in [5.41, 5.74) is -0.367. The molecule has 21 heavy (non-hydrogen) atoms. The summed E-state index contributed by atoms with van der Waals surface area (Å²) >= 11 is 0. The zero-order chi connectivity index (χ0) is 14.9. The molecular formula is C16H26N2O3. The lowest BCUT2D eigenvalue weighted by molar-refractivity contribution is -0.0658. The van der Waals surface area contributed by atoms with E-state index in [1.807, 2.05) is 0 Å². The van der Waals surface area contributed by atoms with Crippen molar-refractivity contribution in [3.63, 3.8) is 0 Å². The summed E-state index contributed by atoms with van der Waals surface area (Å²) in [5, 5.41) is 13.8. The monoisotopic (exact) mass is 294 g/mol. The maximum atomic E-state index is 9.60. The standard InChI is InChI=1S/C16H26N2O3/c1-11-4-3-9-16(10-11,20-2)15-17-14(21-18-15)12-5-7-13(19)8-6-12/h11-13,19H,3-10H2,1-2H3. The Labute approximate surface area is 126 Å². The van der Waals surface area contributed by atoms with Gasteiger partial charge in [0.05, 0.1) is 6.10 Å². The molecule has 0 bridgehead atoms. The SMILES string of the molecule is COC1(c2noc(C3CCC(O)CC3)n2)CCCC(C)C1. The van der Waals surface area contributed by atoms with Gasteiger partial charge in [0.25, 0.3) is 0 Å². The van der Waals surface area contributed by atoms with Gasteiger partial charge in [-0.2, -0.15) is 4.98 Å². The van der Waals surface area contributed by atoms with E-state index in [0.29, 0.717) is 11.8 Å². The van der Waals surface area contributed by atoms with E-state index in [-0.39, 0.29) is 11.7 Å². The molecule has 0 amide bonds. The van der Waals surface area contributed by atoms with Gasteiger partial charge in [0, 0.05) is 13.0 Å². The summed E-state index contributed by atoms with van der Waals surface area (Å²) in [6, 6.07) is 0. The smallest absolute Gasteiger partial charge is 0.229 e. The van der Waals surface area contributed by atoms with Gasteiger partial charge in [-0.25, -0.2) is 0 Å². The van der Waals surface area contributed by atoms with Crippen LogP contribution in [0.4, 0.5) is 0 Å². The van der Waals surface area contributed by atoms with Gasteiger partial charge in [-0.15, -0.1) is 0 Å². The number of aliphatic hydroxyl groups is 1. The first-order valence-electron chi connectivity index (χ1n) is 8.20. The van der Waals surface area contributed by atoms with Crippen molar-refractivity contribution in [1.29, 1.82) is 0 Å². The molecule has 0 spiro atoms. The fourth-order valence-corrected chi connectivity index (χ4v) is 3.89. The Kier molecular flexibility index (Phi) is 4.31. The average molecular weight is 294 g/mol. The Morgan fingerprint density at radius 2 is 2.00 bits per heavy atom. The van der Waals surface area contributed by atoms with E-state index in [0.717, 1.165) is 56.7 Å². The van der Waals surface area contributed by atoms with Gasteiger partial charge < -0.3 is 14.4 Å². The molecule has 2 aliphatic rings. The van der Waals surface area contributed by atoms with Gasteiger partial charge in [-0.1, -0.05) is 18.5 Å². The van der Waals surface area contributed by atoms with Crippen molar-refractivity contribution in [2.45, 2.75) is 75.9 Å². The zero-order valence-corrected chi connectivity index (χ0v) is 13.0. The predicted octanol–water partition coefficient (Wildman–Crippen LogP) is 3.14. The van der Waals surface area contributed by atoms with Crippen LogP contribution in [0.2, 0.25) is 0 Å². The largest absolute Gasteiger partial charge is 0.393 e. The van der Waals surface area contributed by atoms with Crippen LogP contribution in [0, 0.1) is 5.92 Å². The van der Waals surface area contributed by atoms with Crippen LogP contribution in [0.25, 0.3) is 0 Å². The second-order valence-electron chi connectivity index (χ2n) is 6.86. The number of hydrogen-bond acceptors (Lipinski definition) is 5. The number of aliphatic hydroxyl groups excluding tert-OH is 1. The first-order valence-corrected chi connectivity index (χ1v) is 8.20. The third-order valence-corrected chi connectivity index (χ3v) is 5.24. The zero-order valence-electron chi connectivity index (χ0n) is 13.0. The molecule has 1 N–H and O–H groups in total. The van der Waals surface area contributed by atoms with Gasteiger partial charge in [0.2, 0.25) is 11.7 Å². The number of ether oxygens (including phenoxy) is 1. The maximum absolute atomic E-state index is 9.60. The van der Waals surface area contributed by atoms with Crippen LogP contribution in [0.3, 0.4) is 0 Å². The van der Waals surface area contributed by atoms with E-state index in [4.69, 9.17) is 9.26 Å². The van der Waals surface area contributed by atoms with Crippen LogP contribution in [0.5, 0.6) is 0 Å². The van der Waals surface area contributed by atoms with Crippen LogP contribution < -0.4 is 0 Å².